The molecule has 2 aliphatic rings. The number of hydrogen-bond donors (Lipinski definition) is 0. The number of hydrogen-bond acceptors (Lipinski definition) is 3. The van der Waals surface area contributed by atoms with Crippen LogP contribution < -0.4 is 4.90 Å². The molecule has 1 aromatic carbocycles. The smallest absolute Gasteiger partial charge is 0.127 e. The lowest BCUT2D eigenvalue weighted by atomic mass is 9.83. The van der Waals surface area contributed by atoms with Gasteiger partial charge in [0.2, 0.25) is 0 Å². The lowest BCUT2D eigenvalue weighted by Gasteiger charge is -2.45. The summed E-state index contributed by atoms with van der Waals surface area (Å²) in [6, 6.07) is 16.5. The molecule has 4 rings (SSSR count). The molecule has 2 aromatic rings. The lowest BCUT2D eigenvalue weighted by molar-refractivity contribution is 0.0951. The van der Waals surface area contributed by atoms with E-state index in [9.17, 15) is 0 Å². The van der Waals surface area contributed by atoms with E-state index in [0.29, 0.717) is 12.1 Å². The molecular weight excluding hydrogens is 306 g/mol. The van der Waals surface area contributed by atoms with Crippen LogP contribution in [-0.4, -0.2) is 36.1 Å². The molecule has 2 atom stereocenters. The summed E-state index contributed by atoms with van der Waals surface area (Å²) < 4.78 is 0. The fraction of sp³-hybridized carbons (Fsp3) is 0.409. The molecule has 3 heterocycles. The largest absolute Gasteiger partial charge is 0.363 e. The molecule has 3 heteroatoms. The van der Waals surface area contributed by atoms with E-state index in [1.54, 1.807) is 0 Å². The maximum Gasteiger partial charge on any atom is 0.127 e. The van der Waals surface area contributed by atoms with Crippen molar-refractivity contribution in [3.8, 4) is 0 Å². The SMILES string of the molecule is CN(C)c1ccc(C2=CC3CCCC(C2)N3Cc2ccccc2)cn1. The summed E-state index contributed by atoms with van der Waals surface area (Å²) in [7, 11) is 4.07. The zero-order valence-electron chi connectivity index (χ0n) is 15.2. The molecule has 0 amide bonds. The average Bonchev–Trinajstić information content (AvgIpc) is 2.62. The zero-order chi connectivity index (χ0) is 17.2. The highest BCUT2D eigenvalue weighted by Crippen LogP contribution is 2.37. The Morgan fingerprint density at radius 3 is 2.60 bits per heavy atom. The van der Waals surface area contributed by atoms with Gasteiger partial charge < -0.3 is 4.90 Å². The molecule has 0 spiro atoms. The van der Waals surface area contributed by atoms with Crippen LogP contribution in [0.25, 0.3) is 5.57 Å². The summed E-state index contributed by atoms with van der Waals surface area (Å²) in [5.41, 5.74) is 4.20. The third-order valence-corrected chi connectivity index (χ3v) is 5.57. The molecule has 0 saturated carbocycles. The van der Waals surface area contributed by atoms with E-state index in [1.165, 1.54) is 36.0 Å². The van der Waals surface area contributed by atoms with E-state index in [2.05, 4.69) is 63.3 Å². The van der Waals surface area contributed by atoms with Crippen molar-refractivity contribution in [2.45, 2.75) is 44.3 Å². The third kappa shape index (κ3) is 3.47. The van der Waals surface area contributed by atoms with Crippen molar-refractivity contribution >= 4 is 11.4 Å². The van der Waals surface area contributed by atoms with Gasteiger partial charge in [-0.1, -0.05) is 42.8 Å². The molecule has 25 heavy (non-hydrogen) atoms. The quantitative estimate of drug-likeness (QED) is 0.829. The third-order valence-electron chi connectivity index (χ3n) is 5.57. The van der Waals surface area contributed by atoms with E-state index in [1.807, 2.05) is 20.3 Å². The van der Waals surface area contributed by atoms with Crippen molar-refractivity contribution in [2.75, 3.05) is 19.0 Å². The number of fused-ring (bicyclic) bond motifs is 2. The number of pyridine rings is 1. The van der Waals surface area contributed by atoms with Crippen LogP contribution in [-0.2, 0) is 6.54 Å². The number of benzene rings is 1. The van der Waals surface area contributed by atoms with Gasteiger partial charge in [0.1, 0.15) is 5.82 Å². The number of aromatic nitrogens is 1. The summed E-state index contributed by atoms with van der Waals surface area (Å²) in [6.07, 6.45) is 9.63. The summed E-state index contributed by atoms with van der Waals surface area (Å²) >= 11 is 0. The second-order valence-corrected chi connectivity index (χ2v) is 7.51. The number of piperidine rings is 1. The highest BCUT2D eigenvalue weighted by Gasteiger charge is 2.34. The van der Waals surface area contributed by atoms with Gasteiger partial charge in [-0.3, -0.25) is 4.90 Å². The van der Waals surface area contributed by atoms with Crippen molar-refractivity contribution in [1.82, 2.24) is 9.88 Å². The highest BCUT2D eigenvalue weighted by atomic mass is 15.2. The minimum Gasteiger partial charge on any atom is -0.363 e. The predicted molar refractivity (Wildman–Crippen MR) is 105 cm³/mol. The van der Waals surface area contributed by atoms with E-state index in [4.69, 9.17) is 0 Å². The standard InChI is InChI=1S/C22H27N3/c1-24(2)22-12-11-18(15-23-22)19-13-20-9-6-10-21(14-19)25(20)16-17-7-4-3-5-8-17/h3-5,7-8,11-13,15,20-21H,6,9-10,14,16H2,1-2H3. The molecule has 1 aromatic heterocycles. The molecule has 0 N–H and O–H groups in total. The summed E-state index contributed by atoms with van der Waals surface area (Å²) in [4.78, 5) is 9.37. The number of anilines is 1. The molecule has 2 aliphatic heterocycles. The first-order valence-corrected chi connectivity index (χ1v) is 9.35. The first-order chi connectivity index (χ1) is 12.2. The zero-order valence-corrected chi connectivity index (χ0v) is 15.2. The van der Waals surface area contributed by atoms with Gasteiger partial charge in [-0.05, 0) is 48.1 Å². The second kappa shape index (κ2) is 7.01. The van der Waals surface area contributed by atoms with Crippen molar-refractivity contribution < 1.29 is 0 Å². The van der Waals surface area contributed by atoms with Crippen LogP contribution in [0.2, 0.25) is 0 Å². The van der Waals surface area contributed by atoms with Crippen LogP contribution >= 0.6 is 0 Å². The van der Waals surface area contributed by atoms with Crippen LogP contribution in [0.4, 0.5) is 5.82 Å². The maximum atomic E-state index is 4.61. The van der Waals surface area contributed by atoms with E-state index in [-0.39, 0.29) is 0 Å². The lowest BCUT2D eigenvalue weighted by Crippen LogP contribution is -2.47. The molecule has 1 fully saturated rings. The Balaban J connectivity index is 1.56. The molecular formula is C22H27N3. The van der Waals surface area contributed by atoms with Crippen molar-refractivity contribution in [2.24, 2.45) is 0 Å². The van der Waals surface area contributed by atoms with Gasteiger partial charge in [0, 0.05) is 38.9 Å². The van der Waals surface area contributed by atoms with Crippen LogP contribution in [0.15, 0.2) is 54.7 Å². The van der Waals surface area contributed by atoms with Crippen molar-refractivity contribution in [3.05, 3.63) is 65.9 Å². The highest BCUT2D eigenvalue weighted by molar-refractivity contribution is 5.68. The normalized spacial score (nSPS) is 23.2. The summed E-state index contributed by atoms with van der Waals surface area (Å²) in [6.45, 7) is 1.07. The fourth-order valence-electron chi connectivity index (χ4n) is 4.21. The summed E-state index contributed by atoms with van der Waals surface area (Å²) in [5, 5.41) is 0. The van der Waals surface area contributed by atoms with Gasteiger partial charge in [-0.15, -0.1) is 0 Å². The van der Waals surface area contributed by atoms with Gasteiger partial charge in [0.25, 0.3) is 0 Å². The minimum absolute atomic E-state index is 0.566. The molecule has 2 bridgehead atoms. The Kier molecular flexibility index (Phi) is 4.58. The van der Waals surface area contributed by atoms with Gasteiger partial charge in [-0.2, -0.15) is 0 Å². The number of rotatable bonds is 4. The second-order valence-electron chi connectivity index (χ2n) is 7.51. The van der Waals surface area contributed by atoms with Crippen molar-refractivity contribution in [3.63, 3.8) is 0 Å². The molecule has 0 aliphatic carbocycles. The van der Waals surface area contributed by atoms with Gasteiger partial charge in [-0.25, -0.2) is 4.98 Å². The first-order valence-electron chi connectivity index (χ1n) is 9.35. The number of nitrogens with zero attached hydrogens (tertiary/aromatic N) is 3. The van der Waals surface area contributed by atoms with E-state index in [0.717, 1.165) is 18.8 Å². The molecule has 130 valence electrons. The topological polar surface area (TPSA) is 19.4 Å². The summed E-state index contributed by atoms with van der Waals surface area (Å²) in [5.74, 6) is 1.02. The Labute approximate surface area is 151 Å². The Bertz CT molecular complexity index is 734. The minimum atomic E-state index is 0.566. The monoisotopic (exact) mass is 333 g/mol. The predicted octanol–water partition coefficient (Wildman–Crippen LogP) is 4.36. The van der Waals surface area contributed by atoms with Crippen LogP contribution in [0.1, 0.15) is 36.8 Å². The van der Waals surface area contributed by atoms with Gasteiger partial charge in [0.05, 0.1) is 0 Å². The van der Waals surface area contributed by atoms with Gasteiger partial charge >= 0.3 is 0 Å². The Morgan fingerprint density at radius 1 is 1.08 bits per heavy atom. The van der Waals surface area contributed by atoms with E-state index < -0.39 is 0 Å². The van der Waals surface area contributed by atoms with Crippen LogP contribution in [0.5, 0.6) is 0 Å². The molecule has 0 radical (unpaired) electrons. The molecule has 3 nitrogen and oxygen atoms in total. The Morgan fingerprint density at radius 2 is 1.92 bits per heavy atom. The Hall–Kier alpha value is -2.13. The molecule has 2 unspecified atom stereocenters. The maximum absolute atomic E-state index is 4.61. The van der Waals surface area contributed by atoms with Crippen molar-refractivity contribution in [1.29, 1.82) is 0 Å². The molecule has 1 saturated heterocycles. The van der Waals surface area contributed by atoms with E-state index >= 15 is 0 Å². The first kappa shape index (κ1) is 16.3. The van der Waals surface area contributed by atoms with Crippen LogP contribution in [0, 0.1) is 0 Å². The average molecular weight is 333 g/mol. The van der Waals surface area contributed by atoms with Crippen LogP contribution in [0.3, 0.4) is 0 Å². The van der Waals surface area contributed by atoms with Gasteiger partial charge in [0.15, 0.2) is 0 Å². The fourth-order valence-corrected chi connectivity index (χ4v) is 4.21.